The Balaban J connectivity index is 2.20. The molecule has 0 heterocycles. The summed E-state index contributed by atoms with van der Waals surface area (Å²) in [6.45, 7) is -0.413. The fraction of sp³-hybridized carbons (Fsp3) is 0.188. The number of hydrogen-bond acceptors (Lipinski definition) is 4. The molecule has 6 nitrogen and oxygen atoms in total. The molecule has 1 amide bonds. The average molecular weight is 352 g/mol. The Hall–Kier alpha value is -2.61. The van der Waals surface area contributed by atoms with Gasteiger partial charge in [-0.2, -0.15) is 0 Å². The van der Waals surface area contributed by atoms with Gasteiger partial charge in [-0.25, -0.2) is 12.8 Å². The second kappa shape index (κ2) is 7.31. The van der Waals surface area contributed by atoms with Crippen molar-refractivity contribution in [2.45, 2.75) is 0 Å². The van der Waals surface area contributed by atoms with E-state index in [1.807, 2.05) is 0 Å². The number of amides is 1. The van der Waals surface area contributed by atoms with Crippen LogP contribution >= 0.6 is 0 Å². The summed E-state index contributed by atoms with van der Waals surface area (Å²) in [5.41, 5.74) is 0.687. The average Bonchev–Trinajstić information content (AvgIpc) is 2.54. The molecule has 0 aromatic heterocycles. The quantitative estimate of drug-likeness (QED) is 0.865. The van der Waals surface area contributed by atoms with Gasteiger partial charge in [-0.05, 0) is 36.4 Å². The molecule has 8 heteroatoms. The number of benzene rings is 2. The van der Waals surface area contributed by atoms with Crippen LogP contribution in [0.5, 0.6) is 5.75 Å². The molecule has 0 spiro atoms. The minimum Gasteiger partial charge on any atom is -0.497 e. The Morgan fingerprint density at radius 3 is 2.46 bits per heavy atom. The van der Waals surface area contributed by atoms with Gasteiger partial charge in [0.15, 0.2) is 0 Å². The van der Waals surface area contributed by atoms with Crippen LogP contribution in [0.1, 0.15) is 0 Å². The van der Waals surface area contributed by atoms with Crippen LogP contribution in [0.2, 0.25) is 0 Å². The topological polar surface area (TPSA) is 75.7 Å². The van der Waals surface area contributed by atoms with Gasteiger partial charge in [-0.3, -0.25) is 9.10 Å². The van der Waals surface area contributed by atoms with Gasteiger partial charge in [-0.1, -0.05) is 6.07 Å². The van der Waals surface area contributed by atoms with Gasteiger partial charge >= 0.3 is 0 Å². The third-order valence-electron chi connectivity index (χ3n) is 3.16. The lowest BCUT2D eigenvalue weighted by molar-refractivity contribution is -0.114. The first-order chi connectivity index (χ1) is 11.3. The van der Waals surface area contributed by atoms with Crippen LogP contribution in [0.15, 0.2) is 48.5 Å². The highest BCUT2D eigenvalue weighted by Gasteiger charge is 2.21. The Morgan fingerprint density at radius 2 is 1.88 bits per heavy atom. The lowest BCUT2D eigenvalue weighted by Crippen LogP contribution is -2.37. The number of carbonyl (C=O) groups is 1. The van der Waals surface area contributed by atoms with Gasteiger partial charge in [0.25, 0.3) is 0 Å². The van der Waals surface area contributed by atoms with Gasteiger partial charge in [0.2, 0.25) is 15.9 Å². The molecule has 0 aliphatic heterocycles. The Kier molecular flexibility index (Phi) is 5.40. The highest BCUT2D eigenvalue weighted by molar-refractivity contribution is 7.92. The molecule has 2 aromatic rings. The largest absolute Gasteiger partial charge is 0.497 e. The second-order valence-corrected chi connectivity index (χ2v) is 6.93. The summed E-state index contributed by atoms with van der Waals surface area (Å²) < 4.78 is 42.9. The SMILES string of the molecule is COc1cccc(N(CC(=O)Nc2ccc(F)cc2)S(C)(=O)=O)c1. The van der Waals surface area contributed by atoms with Crippen LogP contribution < -0.4 is 14.4 Å². The first kappa shape index (κ1) is 17.7. The molecule has 0 saturated heterocycles. The number of hydrogen-bond donors (Lipinski definition) is 1. The van der Waals surface area contributed by atoms with E-state index in [-0.39, 0.29) is 0 Å². The molecule has 0 radical (unpaired) electrons. The zero-order valence-corrected chi connectivity index (χ0v) is 14.0. The van der Waals surface area contributed by atoms with Crippen molar-refractivity contribution < 1.29 is 22.3 Å². The number of ether oxygens (including phenoxy) is 1. The van der Waals surface area contributed by atoms with Crippen molar-refractivity contribution in [2.24, 2.45) is 0 Å². The highest BCUT2D eigenvalue weighted by Crippen LogP contribution is 2.23. The molecule has 2 aromatic carbocycles. The van der Waals surface area contributed by atoms with Crippen molar-refractivity contribution in [3.8, 4) is 5.75 Å². The Bertz CT molecular complexity index is 822. The maximum Gasteiger partial charge on any atom is 0.245 e. The third kappa shape index (κ3) is 4.69. The van der Waals surface area contributed by atoms with Crippen LogP contribution in [-0.2, 0) is 14.8 Å². The fourth-order valence-corrected chi connectivity index (χ4v) is 2.88. The summed E-state index contributed by atoms with van der Waals surface area (Å²) in [7, 11) is -2.22. The second-order valence-electron chi connectivity index (χ2n) is 5.03. The van der Waals surface area contributed by atoms with Gasteiger partial charge in [0, 0.05) is 11.8 Å². The molecular weight excluding hydrogens is 335 g/mol. The molecule has 128 valence electrons. The molecule has 2 rings (SSSR count). The highest BCUT2D eigenvalue weighted by atomic mass is 32.2. The van der Waals surface area contributed by atoms with Crippen LogP contribution in [0, 0.1) is 5.82 Å². The predicted molar refractivity (Wildman–Crippen MR) is 90.2 cm³/mol. The molecule has 0 aliphatic carbocycles. The van der Waals surface area contributed by atoms with E-state index in [1.54, 1.807) is 18.2 Å². The number of carbonyl (C=O) groups excluding carboxylic acids is 1. The maximum atomic E-state index is 12.9. The molecule has 0 atom stereocenters. The summed E-state index contributed by atoms with van der Waals surface area (Å²) in [4.78, 5) is 12.1. The molecule has 0 fully saturated rings. The van der Waals surface area contributed by atoms with Gasteiger partial charge in [0.05, 0.1) is 19.1 Å². The van der Waals surface area contributed by atoms with E-state index in [9.17, 15) is 17.6 Å². The molecule has 0 aliphatic rings. The van der Waals surface area contributed by atoms with Crippen molar-refractivity contribution >= 4 is 27.3 Å². The van der Waals surface area contributed by atoms with Crippen LogP contribution in [-0.4, -0.2) is 34.2 Å². The van der Waals surface area contributed by atoms with Gasteiger partial charge in [0.1, 0.15) is 18.1 Å². The fourth-order valence-electron chi connectivity index (χ4n) is 2.03. The van der Waals surface area contributed by atoms with E-state index < -0.39 is 28.3 Å². The van der Waals surface area contributed by atoms with Crippen LogP contribution in [0.25, 0.3) is 0 Å². The lowest BCUT2D eigenvalue weighted by atomic mass is 10.3. The first-order valence-corrected chi connectivity index (χ1v) is 8.81. The zero-order valence-electron chi connectivity index (χ0n) is 13.2. The molecule has 1 N–H and O–H groups in total. The number of sulfonamides is 1. The standard InChI is InChI=1S/C16H17FN2O4S/c1-23-15-5-3-4-14(10-15)19(24(2,21)22)11-16(20)18-13-8-6-12(17)7-9-13/h3-10H,11H2,1-2H3,(H,18,20). The summed E-state index contributed by atoms with van der Waals surface area (Å²) in [6.07, 6.45) is 1.01. The number of methoxy groups -OCH3 is 1. The molecule has 0 bridgehead atoms. The van der Waals surface area contributed by atoms with Crippen molar-refractivity contribution in [3.63, 3.8) is 0 Å². The zero-order chi connectivity index (χ0) is 17.7. The number of rotatable bonds is 6. The maximum absolute atomic E-state index is 12.9. The molecular formula is C16H17FN2O4S. The van der Waals surface area contributed by atoms with E-state index in [1.165, 1.54) is 37.4 Å². The van der Waals surface area contributed by atoms with Crippen molar-refractivity contribution in [1.82, 2.24) is 0 Å². The van der Waals surface area contributed by atoms with E-state index in [4.69, 9.17) is 4.74 Å². The number of anilines is 2. The number of nitrogens with zero attached hydrogens (tertiary/aromatic N) is 1. The predicted octanol–water partition coefficient (Wildman–Crippen LogP) is 2.24. The van der Waals surface area contributed by atoms with E-state index in [0.29, 0.717) is 17.1 Å². The monoisotopic (exact) mass is 352 g/mol. The number of nitrogens with one attached hydrogen (secondary N) is 1. The smallest absolute Gasteiger partial charge is 0.245 e. The lowest BCUT2D eigenvalue weighted by Gasteiger charge is -2.22. The van der Waals surface area contributed by atoms with E-state index in [0.717, 1.165) is 10.6 Å². The van der Waals surface area contributed by atoms with E-state index in [2.05, 4.69) is 5.32 Å². The normalized spacial score (nSPS) is 11.0. The van der Waals surface area contributed by atoms with Crippen molar-refractivity contribution in [2.75, 3.05) is 29.5 Å². The third-order valence-corrected chi connectivity index (χ3v) is 4.30. The summed E-state index contributed by atoms with van der Waals surface area (Å²) in [5, 5.41) is 2.53. The summed E-state index contributed by atoms with van der Waals surface area (Å²) in [5.74, 6) is -0.503. The summed E-state index contributed by atoms with van der Waals surface area (Å²) in [6, 6.07) is 11.6. The Morgan fingerprint density at radius 1 is 1.21 bits per heavy atom. The van der Waals surface area contributed by atoms with Crippen LogP contribution in [0.3, 0.4) is 0 Å². The Labute approximate surface area is 139 Å². The van der Waals surface area contributed by atoms with Crippen LogP contribution in [0.4, 0.5) is 15.8 Å². The van der Waals surface area contributed by atoms with Gasteiger partial charge in [-0.15, -0.1) is 0 Å². The van der Waals surface area contributed by atoms with E-state index >= 15 is 0 Å². The minimum atomic E-state index is -3.68. The molecule has 0 unspecified atom stereocenters. The van der Waals surface area contributed by atoms with Gasteiger partial charge < -0.3 is 10.1 Å². The summed E-state index contributed by atoms with van der Waals surface area (Å²) >= 11 is 0. The molecule has 24 heavy (non-hydrogen) atoms. The molecule has 0 saturated carbocycles. The first-order valence-electron chi connectivity index (χ1n) is 6.97. The number of halogens is 1. The van der Waals surface area contributed by atoms with Crippen molar-refractivity contribution in [1.29, 1.82) is 0 Å². The minimum absolute atomic E-state index is 0.311. The van der Waals surface area contributed by atoms with Crippen molar-refractivity contribution in [3.05, 3.63) is 54.3 Å².